The highest BCUT2D eigenvalue weighted by Crippen LogP contribution is 2.22. The Morgan fingerprint density at radius 2 is 1.67 bits per heavy atom. The second kappa shape index (κ2) is 8.85. The summed E-state index contributed by atoms with van der Waals surface area (Å²) in [6.07, 6.45) is 2.42. The topological polar surface area (TPSA) is 142 Å². The van der Waals surface area contributed by atoms with Crippen LogP contribution in [-0.4, -0.2) is 28.3 Å². The van der Waals surface area contributed by atoms with Crippen LogP contribution in [0.25, 0.3) is 6.08 Å². The van der Waals surface area contributed by atoms with Gasteiger partial charge in [0.05, 0.1) is 9.85 Å². The van der Waals surface area contributed by atoms with Gasteiger partial charge in [-0.3, -0.25) is 25.0 Å². The molecule has 0 saturated heterocycles. The van der Waals surface area contributed by atoms with Gasteiger partial charge in [0.15, 0.2) is 6.61 Å². The van der Waals surface area contributed by atoms with Crippen LogP contribution in [-0.2, 0) is 14.3 Å². The van der Waals surface area contributed by atoms with Gasteiger partial charge >= 0.3 is 5.97 Å². The van der Waals surface area contributed by atoms with E-state index >= 15 is 0 Å². The smallest absolute Gasteiger partial charge is 0.331 e. The van der Waals surface area contributed by atoms with Gasteiger partial charge in [0.1, 0.15) is 5.69 Å². The number of nitro benzene ring substituents is 2. The van der Waals surface area contributed by atoms with Crippen molar-refractivity contribution in [3.8, 4) is 0 Å². The number of nitrogens with zero attached hydrogens (tertiary/aromatic N) is 2. The number of para-hydroxylation sites is 2. The van der Waals surface area contributed by atoms with Gasteiger partial charge in [0.2, 0.25) is 0 Å². The van der Waals surface area contributed by atoms with Crippen molar-refractivity contribution in [1.82, 2.24) is 0 Å². The number of non-ortho nitro benzene ring substituents is 1. The molecule has 1 N–H and O–H groups in total. The van der Waals surface area contributed by atoms with Gasteiger partial charge in [-0.25, -0.2) is 4.79 Å². The molecule has 0 heterocycles. The van der Waals surface area contributed by atoms with Crippen LogP contribution in [0.15, 0.2) is 54.6 Å². The molecule has 0 saturated carbocycles. The number of carbonyl (C=O) groups is 2. The molecule has 2 rings (SSSR count). The predicted molar refractivity (Wildman–Crippen MR) is 94.8 cm³/mol. The van der Waals surface area contributed by atoms with E-state index in [4.69, 9.17) is 4.74 Å². The fourth-order valence-electron chi connectivity index (χ4n) is 1.98. The zero-order chi connectivity index (χ0) is 19.8. The minimum atomic E-state index is -0.814. The van der Waals surface area contributed by atoms with Crippen molar-refractivity contribution in [3.05, 3.63) is 80.4 Å². The summed E-state index contributed by atoms with van der Waals surface area (Å²) in [7, 11) is 0. The lowest BCUT2D eigenvalue weighted by Crippen LogP contribution is -2.20. The number of amides is 1. The summed E-state index contributed by atoms with van der Waals surface area (Å²) in [5.41, 5.74) is 0.156. The summed E-state index contributed by atoms with van der Waals surface area (Å²) in [4.78, 5) is 43.6. The molecule has 0 aliphatic rings. The zero-order valence-corrected chi connectivity index (χ0v) is 13.7. The van der Waals surface area contributed by atoms with E-state index in [1.54, 1.807) is 0 Å². The first-order valence-electron chi connectivity index (χ1n) is 7.49. The minimum Gasteiger partial charge on any atom is -0.452 e. The number of nitrogens with one attached hydrogen (secondary N) is 1. The van der Waals surface area contributed by atoms with Crippen molar-refractivity contribution in [1.29, 1.82) is 0 Å². The number of ether oxygens (including phenoxy) is 1. The number of esters is 1. The van der Waals surface area contributed by atoms with Gasteiger partial charge < -0.3 is 10.1 Å². The van der Waals surface area contributed by atoms with E-state index in [2.05, 4.69) is 5.32 Å². The van der Waals surface area contributed by atoms with Crippen molar-refractivity contribution in [2.24, 2.45) is 0 Å². The van der Waals surface area contributed by atoms with Crippen molar-refractivity contribution in [2.45, 2.75) is 0 Å². The molecule has 2 aromatic rings. The molecule has 0 radical (unpaired) electrons. The van der Waals surface area contributed by atoms with Gasteiger partial charge in [0, 0.05) is 24.3 Å². The van der Waals surface area contributed by atoms with Gasteiger partial charge in [0.25, 0.3) is 17.3 Å². The third kappa shape index (κ3) is 5.74. The van der Waals surface area contributed by atoms with E-state index in [-0.39, 0.29) is 17.1 Å². The first kappa shape index (κ1) is 19.2. The van der Waals surface area contributed by atoms with Crippen LogP contribution < -0.4 is 5.32 Å². The molecular weight excluding hydrogens is 358 g/mol. The van der Waals surface area contributed by atoms with Crippen molar-refractivity contribution in [3.63, 3.8) is 0 Å². The quantitative estimate of drug-likeness (QED) is 0.341. The van der Waals surface area contributed by atoms with E-state index < -0.39 is 28.3 Å². The van der Waals surface area contributed by atoms with Crippen LogP contribution in [0.4, 0.5) is 17.1 Å². The molecule has 138 valence electrons. The van der Waals surface area contributed by atoms with Gasteiger partial charge in [-0.05, 0) is 29.8 Å². The Bertz CT molecular complexity index is 907. The van der Waals surface area contributed by atoms with E-state index in [1.165, 1.54) is 54.6 Å². The summed E-state index contributed by atoms with van der Waals surface area (Å²) < 4.78 is 4.74. The second-order valence-corrected chi connectivity index (χ2v) is 5.11. The molecule has 10 nitrogen and oxygen atoms in total. The van der Waals surface area contributed by atoms with Crippen LogP contribution >= 0.6 is 0 Å². The number of benzene rings is 2. The van der Waals surface area contributed by atoms with Crippen molar-refractivity contribution < 1.29 is 24.2 Å². The predicted octanol–water partition coefficient (Wildman–Crippen LogP) is 2.70. The largest absolute Gasteiger partial charge is 0.452 e. The highest BCUT2D eigenvalue weighted by Gasteiger charge is 2.15. The normalized spacial score (nSPS) is 10.4. The van der Waals surface area contributed by atoms with Crippen molar-refractivity contribution >= 4 is 35.0 Å². The number of hydrogen-bond acceptors (Lipinski definition) is 7. The molecule has 2 aromatic carbocycles. The molecule has 0 atom stereocenters. The molecule has 0 aliphatic carbocycles. The fourth-order valence-corrected chi connectivity index (χ4v) is 1.98. The van der Waals surface area contributed by atoms with E-state index in [1.807, 2.05) is 0 Å². The first-order valence-corrected chi connectivity index (χ1v) is 7.49. The standard InChI is InChI=1S/C17H13N3O7/c21-16(18-14-3-1-2-4-15(14)20(25)26)11-27-17(22)10-7-12-5-8-13(9-6-12)19(23)24/h1-10H,11H2,(H,18,21)/b10-7+. The van der Waals surface area contributed by atoms with Crippen LogP contribution in [0.2, 0.25) is 0 Å². The Kier molecular flexibility index (Phi) is 6.31. The molecule has 1 amide bonds. The number of anilines is 1. The summed E-state index contributed by atoms with van der Waals surface area (Å²) in [5.74, 6) is -1.55. The Morgan fingerprint density at radius 3 is 2.30 bits per heavy atom. The maximum absolute atomic E-state index is 11.8. The number of rotatable bonds is 7. The Morgan fingerprint density at radius 1 is 1.00 bits per heavy atom. The lowest BCUT2D eigenvalue weighted by atomic mass is 10.2. The molecule has 0 aliphatic heterocycles. The molecule has 0 spiro atoms. The first-order chi connectivity index (χ1) is 12.9. The van der Waals surface area contributed by atoms with Gasteiger partial charge in [-0.2, -0.15) is 0 Å². The lowest BCUT2D eigenvalue weighted by Gasteiger charge is -2.05. The maximum atomic E-state index is 11.8. The Balaban J connectivity index is 1.87. The molecular formula is C17H13N3O7. The summed E-state index contributed by atoms with van der Waals surface area (Å²) in [6.45, 7) is -0.629. The SMILES string of the molecule is O=C(COC(=O)/C=C/c1ccc([N+](=O)[O-])cc1)Nc1ccccc1[N+](=O)[O-]. The average molecular weight is 371 g/mol. The monoisotopic (exact) mass is 371 g/mol. The van der Waals surface area contributed by atoms with E-state index in [9.17, 15) is 29.8 Å². The lowest BCUT2D eigenvalue weighted by molar-refractivity contribution is -0.384. The van der Waals surface area contributed by atoms with E-state index in [0.29, 0.717) is 5.56 Å². The zero-order valence-electron chi connectivity index (χ0n) is 13.7. The highest BCUT2D eigenvalue weighted by atomic mass is 16.6. The molecule has 10 heteroatoms. The van der Waals surface area contributed by atoms with Gasteiger partial charge in [-0.15, -0.1) is 0 Å². The highest BCUT2D eigenvalue weighted by molar-refractivity contribution is 5.96. The number of hydrogen-bond donors (Lipinski definition) is 1. The Hall–Kier alpha value is -4.08. The van der Waals surface area contributed by atoms with Crippen molar-refractivity contribution in [2.75, 3.05) is 11.9 Å². The van der Waals surface area contributed by atoms with Crippen LogP contribution in [0.3, 0.4) is 0 Å². The van der Waals surface area contributed by atoms with Crippen LogP contribution in [0.1, 0.15) is 5.56 Å². The second-order valence-electron chi connectivity index (χ2n) is 5.11. The molecule has 0 aromatic heterocycles. The number of carbonyl (C=O) groups excluding carboxylic acids is 2. The summed E-state index contributed by atoms with van der Waals surface area (Å²) in [5, 5.41) is 23.7. The molecule has 27 heavy (non-hydrogen) atoms. The van der Waals surface area contributed by atoms with E-state index in [0.717, 1.165) is 6.08 Å². The molecule has 0 unspecified atom stereocenters. The minimum absolute atomic E-state index is 0.00929. The maximum Gasteiger partial charge on any atom is 0.331 e. The summed E-state index contributed by atoms with van der Waals surface area (Å²) in [6, 6.07) is 11.0. The average Bonchev–Trinajstić information content (AvgIpc) is 2.65. The molecule has 0 bridgehead atoms. The summed E-state index contributed by atoms with van der Waals surface area (Å²) >= 11 is 0. The molecule has 0 fully saturated rings. The number of nitro groups is 2. The third-order valence-electron chi connectivity index (χ3n) is 3.24. The van der Waals surface area contributed by atoms with Gasteiger partial charge in [-0.1, -0.05) is 12.1 Å². The van der Waals surface area contributed by atoms with Crippen LogP contribution in [0, 0.1) is 20.2 Å². The van der Waals surface area contributed by atoms with Crippen LogP contribution in [0.5, 0.6) is 0 Å². The Labute approximate surface area is 152 Å². The fraction of sp³-hybridized carbons (Fsp3) is 0.0588. The third-order valence-corrected chi connectivity index (χ3v) is 3.24.